The number of nitrogens with zero attached hydrogens (tertiary/aromatic N) is 1. The van der Waals surface area contributed by atoms with Crippen molar-refractivity contribution in [3.63, 3.8) is 0 Å². The second kappa shape index (κ2) is 7.53. The van der Waals surface area contributed by atoms with Gasteiger partial charge in [0.2, 0.25) is 5.88 Å². The third kappa shape index (κ3) is 3.63. The van der Waals surface area contributed by atoms with E-state index in [0.717, 1.165) is 5.56 Å². The van der Waals surface area contributed by atoms with Crippen molar-refractivity contribution in [1.82, 2.24) is 0 Å². The van der Waals surface area contributed by atoms with Gasteiger partial charge in [0.25, 0.3) is 0 Å². The summed E-state index contributed by atoms with van der Waals surface area (Å²) in [5.41, 5.74) is 7.68. The SMILES string of the molecule is COC(=O)CC1=C(C(=O)OC)[C@H](c2ccc(C)cc2)C(C#N)=C(N)O1. The van der Waals surface area contributed by atoms with E-state index in [0.29, 0.717) is 5.56 Å². The van der Waals surface area contributed by atoms with Gasteiger partial charge in [0, 0.05) is 0 Å². The van der Waals surface area contributed by atoms with Crippen LogP contribution in [0.4, 0.5) is 0 Å². The molecule has 0 spiro atoms. The fourth-order valence-corrected chi connectivity index (χ4v) is 2.58. The number of esters is 2. The van der Waals surface area contributed by atoms with E-state index in [1.54, 1.807) is 12.1 Å². The molecule has 7 heteroatoms. The van der Waals surface area contributed by atoms with E-state index < -0.39 is 17.9 Å². The normalized spacial score (nSPS) is 16.8. The highest BCUT2D eigenvalue weighted by molar-refractivity contribution is 5.93. The Morgan fingerprint density at radius 3 is 2.40 bits per heavy atom. The van der Waals surface area contributed by atoms with Gasteiger partial charge in [-0.15, -0.1) is 0 Å². The summed E-state index contributed by atoms with van der Waals surface area (Å²) in [5.74, 6) is -2.23. The first-order valence-corrected chi connectivity index (χ1v) is 7.45. The van der Waals surface area contributed by atoms with E-state index in [1.165, 1.54) is 14.2 Å². The van der Waals surface area contributed by atoms with Gasteiger partial charge in [0.1, 0.15) is 23.8 Å². The summed E-state index contributed by atoms with van der Waals surface area (Å²) in [7, 11) is 2.44. The molecule has 2 N–H and O–H groups in total. The molecule has 0 saturated heterocycles. The van der Waals surface area contributed by atoms with Gasteiger partial charge < -0.3 is 19.9 Å². The van der Waals surface area contributed by atoms with Crippen molar-refractivity contribution < 1.29 is 23.8 Å². The highest BCUT2D eigenvalue weighted by atomic mass is 16.5. The molecule has 25 heavy (non-hydrogen) atoms. The van der Waals surface area contributed by atoms with Crippen LogP contribution in [0.2, 0.25) is 0 Å². The summed E-state index contributed by atoms with van der Waals surface area (Å²) in [6, 6.07) is 9.26. The minimum Gasteiger partial charge on any atom is -0.469 e. The van der Waals surface area contributed by atoms with Crippen LogP contribution in [0.15, 0.2) is 47.1 Å². The van der Waals surface area contributed by atoms with Crippen molar-refractivity contribution >= 4 is 11.9 Å². The number of methoxy groups -OCH3 is 2. The van der Waals surface area contributed by atoms with E-state index in [4.69, 9.17) is 15.2 Å². The molecular weight excluding hydrogens is 324 g/mol. The van der Waals surface area contributed by atoms with Gasteiger partial charge in [0.05, 0.1) is 25.7 Å². The zero-order valence-corrected chi connectivity index (χ0v) is 14.2. The molecule has 0 unspecified atom stereocenters. The van der Waals surface area contributed by atoms with Gasteiger partial charge in [-0.2, -0.15) is 5.26 Å². The van der Waals surface area contributed by atoms with Crippen molar-refractivity contribution in [3.8, 4) is 6.07 Å². The number of nitriles is 1. The smallest absolute Gasteiger partial charge is 0.338 e. The Hall–Kier alpha value is -3.27. The van der Waals surface area contributed by atoms with Crippen LogP contribution in [0.1, 0.15) is 23.5 Å². The van der Waals surface area contributed by atoms with Crippen LogP contribution in [0.3, 0.4) is 0 Å². The number of ether oxygens (including phenoxy) is 3. The van der Waals surface area contributed by atoms with Crippen LogP contribution in [-0.4, -0.2) is 26.2 Å². The topological polar surface area (TPSA) is 112 Å². The lowest BCUT2D eigenvalue weighted by Gasteiger charge is -2.27. The third-order valence-corrected chi connectivity index (χ3v) is 3.85. The summed E-state index contributed by atoms with van der Waals surface area (Å²) in [6.45, 7) is 1.92. The summed E-state index contributed by atoms with van der Waals surface area (Å²) < 4.78 is 14.9. The summed E-state index contributed by atoms with van der Waals surface area (Å²) in [6.07, 6.45) is -0.303. The lowest BCUT2D eigenvalue weighted by Crippen LogP contribution is -2.26. The number of hydrogen-bond donors (Lipinski definition) is 1. The van der Waals surface area contributed by atoms with Crippen molar-refractivity contribution in [2.24, 2.45) is 5.73 Å². The second-order valence-corrected chi connectivity index (χ2v) is 5.42. The maximum atomic E-state index is 12.4. The van der Waals surface area contributed by atoms with Crippen LogP contribution in [0, 0.1) is 18.3 Å². The van der Waals surface area contributed by atoms with Gasteiger partial charge in [-0.05, 0) is 12.5 Å². The molecule has 2 rings (SSSR count). The fraction of sp³-hybridized carbons (Fsp3) is 0.278. The highest BCUT2D eigenvalue weighted by Crippen LogP contribution is 2.40. The molecule has 0 saturated carbocycles. The molecular formula is C18H18N2O5. The molecule has 0 amide bonds. The lowest BCUT2D eigenvalue weighted by atomic mass is 9.82. The molecule has 1 heterocycles. The van der Waals surface area contributed by atoms with E-state index in [2.05, 4.69) is 4.74 Å². The monoisotopic (exact) mass is 342 g/mol. The molecule has 1 aromatic rings. The van der Waals surface area contributed by atoms with Gasteiger partial charge in [-0.3, -0.25) is 4.79 Å². The predicted octanol–water partition coefficient (Wildman–Crippen LogP) is 1.79. The van der Waals surface area contributed by atoms with Crippen molar-refractivity contribution in [1.29, 1.82) is 5.26 Å². The Kier molecular flexibility index (Phi) is 5.45. The Bertz CT molecular complexity index is 800. The first-order valence-electron chi connectivity index (χ1n) is 7.45. The molecule has 0 bridgehead atoms. The van der Waals surface area contributed by atoms with E-state index in [-0.39, 0.29) is 29.2 Å². The number of aryl methyl sites for hydroxylation is 1. The van der Waals surface area contributed by atoms with Crippen molar-refractivity contribution in [2.75, 3.05) is 14.2 Å². The number of allylic oxidation sites excluding steroid dienone is 1. The summed E-state index contributed by atoms with van der Waals surface area (Å²) >= 11 is 0. The Morgan fingerprint density at radius 2 is 1.88 bits per heavy atom. The quantitative estimate of drug-likeness (QED) is 0.830. The summed E-state index contributed by atoms with van der Waals surface area (Å²) in [5, 5.41) is 9.50. The van der Waals surface area contributed by atoms with Crippen LogP contribution < -0.4 is 5.73 Å². The summed E-state index contributed by atoms with van der Waals surface area (Å²) in [4.78, 5) is 24.1. The average molecular weight is 342 g/mol. The van der Waals surface area contributed by atoms with Gasteiger partial charge in [-0.25, -0.2) is 4.79 Å². The maximum absolute atomic E-state index is 12.4. The number of benzene rings is 1. The molecule has 0 radical (unpaired) electrons. The van der Waals surface area contributed by atoms with Crippen molar-refractivity contribution in [3.05, 3.63) is 58.2 Å². The van der Waals surface area contributed by atoms with Gasteiger partial charge in [-0.1, -0.05) is 29.8 Å². The van der Waals surface area contributed by atoms with E-state index >= 15 is 0 Å². The molecule has 0 aromatic heterocycles. The zero-order chi connectivity index (χ0) is 18.6. The third-order valence-electron chi connectivity index (χ3n) is 3.85. The zero-order valence-electron chi connectivity index (χ0n) is 14.2. The van der Waals surface area contributed by atoms with Crippen molar-refractivity contribution in [2.45, 2.75) is 19.3 Å². The molecule has 7 nitrogen and oxygen atoms in total. The molecule has 130 valence electrons. The molecule has 1 aliphatic rings. The molecule has 1 atom stereocenters. The maximum Gasteiger partial charge on any atom is 0.338 e. The second-order valence-electron chi connectivity index (χ2n) is 5.42. The van der Waals surface area contributed by atoms with Crippen LogP contribution in [0.25, 0.3) is 0 Å². The Balaban J connectivity index is 2.66. The van der Waals surface area contributed by atoms with Crippen LogP contribution in [0.5, 0.6) is 0 Å². The number of carbonyl (C=O) groups is 2. The Labute approximate surface area is 145 Å². The predicted molar refractivity (Wildman–Crippen MR) is 87.5 cm³/mol. The van der Waals surface area contributed by atoms with E-state index in [9.17, 15) is 14.9 Å². The first kappa shape index (κ1) is 18.1. The van der Waals surface area contributed by atoms with Gasteiger partial charge >= 0.3 is 11.9 Å². The van der Waals surface area contributed by atoms with Crippen LogP contribution in [-0.2, 0) is 23.8 Å². The van der Waals surface area contributed by atoms with E-state index in [1.807, 2.05) is 25.1 Å². The number of rotatable bonds is 4. The molecule has 1 aliphatic heterocycles. The average Bonchev–Trinajstić information content (AvgIpc) is 2.61. The molecule has 0 aliphatic carbocycles. The van der Waals surface area contributed by atoms with Gasteiger partial charge in [0.15, 0.2) is 0 Å². The molecule has 1 aromatic carbocycles. The number of nitrogens with two attached hydrogens (primary N) is 1. The standard InChI is InChI=1S/C18H18N2O5/c1-10-4-6-11(7-5-10)15-12(9-19)17(20)25-13(8-14(21)23-2)16(15)18(22)24-3/h4-7,15H,8,20H2,1-3H3/t15-/m1/s1. The van der Waals surface area contributed by atoms with Crippen LogP contribution >= 0.6 is 0 Å². The highest BCUT2D eigenvalue weighted by Gasteiger charge is 2.38. The lowest BCUT2D eigenvalue weighted by molar-refractivity contribution is -0.140. The Morgan fingerprint density at radius 1 is 1.24 bits per heavy atom. The minimum atomic E-state index is -0.786. The largest absolute Gasteiger partial charge is 0.469 e. The fourth-order valence-electron chi connectivity index (χ4n) is 2.58. The molecule has 0 fully saturated rings. The number of carbonyl (C=O) groups excluding carboxylic acids is 2. The first-order chi connectivity index (χ1) is 11.9. The number of hydrogen-bond acceptors (Lipinski definition) is 7. The minimum absolute atomic E-state index is 0.0146.